The van der Waals surface area contributed by atoms with Crippen molar-refractivity contribution in [3.05, 3.63) is 64.1 Å². The van der Waals surface area contributed by atoms with Gasteiger partial charge in [0.1, 0.15) is 9.53 Å². The Labute approximate surface area is 201 Å². The van der Waals surface area contributed by atoms with Crippen molar-refractivity contribution in [2.75, 3.05) is 5.75 Å². The molecule has 6 nitrogen and oxygen atoms in total. The lowest BCUT2D eigenvalue weighted by Crippen LogP contribution is -2.33. The number of hydrogen-bond acceptors (Lipinski definition) is 6. The molecule has 0 saturated carbocycles. The third kappa shape index (κ3) is 5.12. The van der Waals surface area contributed by atoms with E-state index < -0.39 is 0 Å². The second-order valence-corrected chi connectivity index (χ2v) is 10.4. The second kappa shape index (κ2) is 10.1. The van der Waals surface area contributed by atoms with Crippen LogP contribution in [0.4, 0.5) is 0 Å². The van der Waals surface area contributed by atoms with E-state index >= 15 is 0 Å². The van der Waals surface area contributed by atoms with E-state index in [1.807, 2.05) is 26.0 Å². The number of nitrogens with zero attached hydrogens (tertiary/aromatic N) is 3. The Morgan fingerprint density at radius 2 is 1.94 bits per heavy atom. The van der Waals surface area contributed by atoms with Gasteiger partial charge in [0.25, 0.3) is 5.56 Å². The number of carbonyl (C=O) groups excluding carboxylic acids is 1. The third-order valence-electron chi connectivity index (χ3n) is 5.66. The Morgan fingerprint density at radius 1 is 1.18 bits per heavy atom. The molecular weight excluding hydrogens is 452 g/mol. The average Bonchev–Trinajstić information content (AvgIpc) is 3.19. The molecule has 1 atom stereocenters. The zero-order valence-electron chi connectivity index (χ0n) is 19.3. The van der Waals surface area contributed by atoms with E-state index in [9.17, 15) is 9.59 Å². The average molecular weight is 481 g/mol. The molecule has 4 aromatic rings. The molecule has 0 aliphatic heterocycles. The van der Waals surface area contributed by atoms with Gasteiger partial charge in [0.05, 0.1) is 17.8 Å². The normalized spacial score (nSPS) is 12.5. The van der Waals surface area contributed by atoms with E-state index in [0.29, 0.717) is 27.8 Å². The van der Waals surface area contributed by atoms with Crippen molar-refractivity contribution >= 4 is 49.4 Å². The number of pyridine rings is 1. The maximum absolute atomic E-state index is 13.6. The minimum absolute atomic E-state index is 0.0617. The van der Waals surface area contributed by atoms with Crippen LogP contribution < -0.4 is 10.9 Å². The van der Waals surface area contributed by atoms with Gasteiger partial charge < -0.3 is 5.32 Å². The van der Waals surface area contributed by atoms with Gasteiger partial charge in [-0.2, -0.15) is 0 Å². The van der Waals surface area contributed by atoms with E-state index in [2.05, 4.69) is 48.4 Å². The van der Waals surface area contributed by atoms with Crippen LogP contribution in [0.25, 0.3) is 20.4 Å². The van der Waals surface area contributed by atoms with Crippen molar-refractivity contribution in [2.24, 2.45) is 0 Å². The molecule has 172 valence electrons. The largest absolute Gasteiger partial charge is 0.353 e. The lowest BCUT2D eigenvalue weighted by molar-refractivity contribution is -0.119. The van der Waals surface area contributed by atoms with Crippen LogP contribution in [0.1, 0.15) is 51.2 Å². The lowest BCUT2D eigenvalue weighted by atomic mass is 10.0. The summed E-state index contributed by atoms with van der Waals surface area (Å²) in [5.74, 6) is 0.587. The van der Waals surface area contributed by atoms with E-state index in [4.69, 9.17) is 4.98 Å². The minimum Gasteiger partial charge on any atom is -0.353 e. The van der Waals surface area contributed by atoms with Gasteiger partial charge in [0, 0.05) is 17.6 Å². The summed E-state index contributed by atoms with van der Waals surface area (Å²) in [5, 5.41) is 4.39. The minimum atomic E-state index is -0.0965. The van der Waals surface area contributed by atoms with Crippen molar-refractivity contribution in [3.8, 4) is 0 Å². The zero-order chi connectivity index (χ0) is 23.5. The van der Waals surface area contributed by atoms with Gasteiger partial charge in [-0.3, -0.25) is 14.2 Å². The summed E-state index contributed by atoms with van der Waals surface area (Å²) in [4.78, 5) is 36.0. The van der Waals surface area contributed by atoms with Crippen LogP contribution in [-0.2, 0) is 11.3 Å². The van der Waals surface area contributed by atoms with Gasteiger partial charge >= 0.3 is 0 Å². The highest BCUT2D eigenvalue weighted by Crippen LogP contribution is 2.30. The predicted octanol–water partition coefficient (Wildman–Crippen LogP) is 5.18. The van der Waals surface area contributed by atoms with Gasteiger partial charge in [0.2, 0.25) is 5.91 Å². The number of carbonyl (C=O) groups is 1. The van der Waals surface area contributed by atoms with E-state index in [1.54, 1.807) is 10.8 Å². The van der Waals surface area contributed by atoms with Gasteiger partial charge in [0.15, 0.2) is 5.16 Å². The fourth-order valence-corrected chi connectivity index (χ4v) is 5.36. The number of fused-ring (bicyclic) bond motifs is 3. The number of thiophene rings is 1. The first-order chi connectivity index (χ1) is 15.9. The number of rotatable bonds is 8. The highest BCUT2D eigenvalue weighted by molar-refractivity contribution is 7.99. The smallest absolute Gasteiger partial charge is 0.272 e. The Hall–Kier alpha value is -2.71. The van der Waals surface area contributed by atoms with Crippen LogP contribution in [-0.4, -0.2) is 32.2 Å². The topological polar surface area (TPSA) is 76.9 Å². The molecular formula is C25H28N4O2S2. The fourth-order valence-electron chi connectivity index (χ4n) is 3.53. The van der Waals surface area contributed by atoms with Gasteiger partial charge in [-0.25, -0.2) is 9.97 Å². The lowest BCUT2D eigenvalue weighted by Gasteiger charge is -2.14. The molecule has 0 aliphatic carbocycles. The molecule has 0 radical (unpaired) electrons. The highest BCUT2D eigenvalue weighted by Gasteiger charge is 2.18. The molecule has 0 saturated heterocycles. The first kappa shape index (κ1) is 23.4. The number of benzene rings is 1. The molecule has 3 aromatic heterocycles. The number of amides is 1. The quantitative estimate of drug-likeness (QED) is 0.278. The van der Waals surface area contributed by atoms with Crippen LogP contribution in [0.3, 0.4) is 0 Å². The van der Waals surface area contributed by atoms with E-state index in [0.717, 1.165) is 22.2 Å². The summed E-state index contributed by atoms with van der Waals surface area (Å²) in [5.41, 5.74) is 2.84. The number of nitrogens with one attached hydrogen (secondary N) is 1. The summed E-state index contributed by atoms with van der Waals surface area (Å²) < 4.78 is 2.28. The molecule has 33 heavy (non-hydrogen) atoms. The number of hydrogen-bond donors (Lipinski definition) is 1. The Morgan fingerprint density at radius 3 is 2.64 bits per heavy atom. The van der Waals surface area contributed by atoms with Crippen LogP contribution in [0, 0.1) is 0 Å². The third-order valence-corrected chi connectivity index (χ3v) is 7.72. The Bertz CT molecular complexity index is 1340. The van der Waals surface area contributed by atoms with Crippen LogP contribution in [0.2, 0.25) is 0 Å². The maximum Gasteiger partial charge on any atom is 0.272 e. The molecule has 0 aliphatic rings. The summed E-state index contributed by atoms with van der Waals surface area (Å²) in [6.45, 7) is 8.73. The molecule has 4 rings (SSSR count). The maximum atomic E-state index is 13.6. The molecule has 0 unspecified atom stereocenters. The van der Waals surface area contributed by atoms with Crippen LogP contribution in [0.15, 0.2) is 52.5 Å². The molecule has 0 fully saturated rings. The summed E-state index contributed by atoms with van der Waals surface area (Å²) >= 11 is 2.67. The van der Waals surface area contributed by atoms with Gasteiger partial charge in [-0.05, 0) is 42.5 Å². The molecule has 3 heterocycles. The summed E-state index contributed by atoms with van der Waals surface area (Å²) in [6.07, 6.45) is 2.59. The standard InChI is InChI=1S/C25H28N4O2S2/c1-5-16(4)27-20(30)14-32-25-28-21-19-7-6-12-26-23(19)33-22(21)24(31)29(25)13-17-8-10-18(11-9-17)15(2)3/h6-12,15-16H,5,13-14H2,1-4H3,(H,27,30)/t16-/m1/s1. The SMILES string of the molecule is CC[C@@H](C)NC(=O)CSc1nc2c(sc3ncccc32)c(=O)n1Cc1ccc(C(C)C)cc1. The molecule has 0 bridgehead atoms. The van der Waals surface area contributed by atoms with Crippen molar-refractivity contribution in [3.63, 3.8) is 0 Å². The second-order valence-electron chi connectivity index (χ2n) is 8.48. The van der Waals surface area contributed by atoms with E-state index in [1.165, 1.54) is 28.7 Å². The first-order valence-corrected chi connectivity index (χ1v) is 13.0. The van der Waals surface area contributed by atoms with Crippen LogP contribution in [0.5, 0.6) is 0 Å². The molecule has 8 heteroatoms. The summed E-state index contributed by atoms with van der Waals surface area (Å²) in [6, 6.07) is 12.2. The Balaban J connectivity index is 1.74. The highest BCUT2D eigenvalue weighted by atomic mass is 32.2. The Kier molecular flexibility index (Phi) is 7.14. The molecule has 1 aromatic carbocycles. The molecule has 1 amide bonds. The van der Waals surface area contributed by atoms with Crippen LogP contribution >= 0.6 is 23.1 Å². The zero-order valence-corrected chi connectivity index (χ0v) is 20.9. The van der Waals surface area contributed by atoms with Crippen molar-refractivity contribution < 1.29 is 4.79 Å². The van der Waals surface area contributed by atoms with E-state index in [-0.39, 0.29) is 23.3 Å². The monoisotopic (exact) mass is 480 g/mol. The van der Waals surface area contributed by atoms with Crippen molar-refractivity contribution in [2.45, 2.75) is 57.8 Å². The first-order valence-electron chi connectivity index (χ1n) is 11.2. The molecule has 1 N–H and O–H groups in total. The van der Waals surface area contributed by atoms with Crippen molar-refractivity contribution in [1.82, 2.24) is 19.9 Å². The fraction of sp³-hybridized carbons (Fsp3) is 0.360. The number of thioether (sulfide) groups is 1. The summed E-state index contributed by atoms with van der Waals surface area (Å²) in [7, 11) is 0. The number of aromatic nitrogens is 3. The van der Waals surface area contributed by atoms with Gasteiger partial charge in [-0.15, -0.1) is 11.3 Å². The molecule has 0 spiro atoms. The predicted molar refractivity (Wildman–Crippen MR) is 137 cm³/mol. The van der Waals surface area contributed by atoms with Crippen molar-refractivity contribution in [1.29, 1.82) is 0 Å². The van der Waals surface area contributed by atoms with Gasteiger partial charge in [-0.1, -0.05) is 56.8 Å².